The number of carbonyl (C=O) groups is 1. The van der Waals surface area contributed by atoms with Crippen LogP contribution < -0.4 is 20.9 Å². The number of nitrogen functional groups attached to an aromatic ring is 1. The maximum atomic E-state index is 12.2. The number of nitrogens with one attached hydrogen (secondary N) is 2. The highest BCUT2D eigenvalue weighted by Gasteiger charge is 2.54. The minimum Gasteiger partial charge on any atom is -0.468 e. The SMILES string of the molecule is COC(=O)C(C)NP(=S)(OC[C@H]1O[C@@H](n2cnc3c(=O)[nH]c(N)nc32)[C@](C)(O)[C@@H]1O)Oc1cccc2ccccc12. The van der Waals surface area contributed by atoms with Crippen LogP contribution in [-0.2, 0) is 30.6 Å². The number of carbonyl (C=O) groups excluding carboxylic acids is 1. The van der Waals surface area contributed by atoms with Crippen molar-refractivity contribution in [3.8, 4) is 5.75 Å². The van der Waals surface area contributed by atoms with Crippen molar-refractivity contribution in [1.29, 1.82) is 0 Å². The van der Waals surface area contributed by atoms with Gasteiger partial charge in [-0.1, -0.05) is 36.4 Å². The summed E-state index contributed by atoms with van der Waals surface area (Å²) in [7, 11) is 1.25. The zero-order valence-corrected chi connectivity index (χ0v) is 24.0. The maximum absolute atomic E-state index is 12.2. The fourth-order valence-corrected chi connectivity index (χ4v) is 7.04. The Kier molecular flexibility index (Phi) is 7.87. The fraction of sp³-hybridized carbons (Fsp3) is 0.360. The molecule has 1 aliphatic heterocycles. The van der Waals surface area contributed by atoms with Crippen LogP contribution in [0.5, 0.6) is 5.75 Å². The van der Waals surface area contributed by atoms with E-state index < -0.39 is 48.2 Å². The molecule has 1 fully saturated rings. The summed E-state index contributed by atoms with van der Waals surface area (Å²) in [6.07, 6.45) is -2.54. The van der Waals surface area contributed by atoms with E-state index in [0.717, 1.165) is 10.8 Å². The maximum Gasteiger partial charge on any atom is 0.323 e. The summed E-state index contributed by atoms with van der Waals surface area (Å²) in [5.41, 5.74) is 3.30. The van der Waals surface area contributed by atoms with E-state index in [1.165, 1.54) is 24.9 Å². The molecule has 0 bridgehead atoms. The topological polar surface area (TPSA) is 196 Å². The first kappa shape index (κ1) is 29.1. The number of nitrogens with two attached hydrogens (primary N) is 1. The van der Waals surface area contributed by atoms with E-state index in [4.69, 9.17) is 36.1 Å². The normalized spacial score (nSPS) is 24.8. The molecule has 0 spiro atoms. The summed E-state index contributed by atoms with van der Waals surface area (Å²) in [5, 5.41) is 26.9. The van der Waals surface area contributed by atoms with Gasteiger partial charge in [-0.05, 0) is 37.1 Å². The lowest BCUT2D eigenvalue weighted by Gasteiger charge is -2.28. The Morgan fingerprint density at radius 1 is 1.34 bits per heavy atom. The number of benzene rings is 2. The van der Waals surface area contributed by atoms with Gasteiger partial charge in [0.25, 0.3) is 5.56 Å². The lowest BCUT2D eigenvalue weighted by Crippen LogP contribution is -2.44. The number of imidazole rings is 1. The molecule has 0 aliphatic carbocycles. The summed E-state index contributed by atoms with van der Waals surface area (Å²) >= 11 is 5.79. The molecule has 2 aromatic heterocycles. The molecule has 0 radical (unpaired) electrons. The van der Waals surface area contributed by atoms with E-state index in [2.05, 4.69) is 20.0 Å². The quantitative estimate of drug-likeness (QED) is 0.136. The highest BCUT2D eigenvalue weighted by molar-refractivity contribution is 8.09. The van der Waals surface area contributed by atoms with Crippen LogP contribution in [0.4, 0.5) is 5.95 Å². The molecule has 0 amide bonds. The number of aliphatic hydroxyl groups is 2. The summed E-state index contributed by atoms with van der Waals surface area (Å²) in [4.78, 5) is 34.9. The number of H-pyrrole nitrogens is 1. The Balaban J connectivity index is 1.42. The molecule has 2 unspecified atom stereocenters. The molecule has 6 atom stereocenters. The summed E-state index contributed by atoms with van der Waals surface area (Å²) in [6, 6.07) is 12.1. The van der Waals surface area contributed by atoms with Gasteiger partial charge in [0, 0.05) is 5.39 Å². The Morgan fingerprint density at radius 3 is 2.83 bits per heavy atom. The van der Waals surface area contributed by atoms with Crippen LogP contribution in [0.3, 0.4) is 0 Å². The van der Waals surface area contributed by atoms with Crippen molar-refractivity contribution in [2.24, 2.45) is 0 Å². The minimum absolute atomic E-state index is 0.0206. The fourth-order valence-electron chi connectivity index (χ4n) is 4.63. The van der Waals surface area contributed by atoms with Crippen LogP contribution in [0.25, 0.3) is 21.9 Å². The lowest BCUT2D eigenvalue weighted by molar-refractivity contribution is -0.142. The van der Waals surface area contributed by atoms with Crippen molar-refractivity contribution in [3.63, 3.8) is 0 Å². The second-order valence-electron chi connectivity index (χ2n) is 9.71. The van der Waals surface area contributed by atoms with E-state index in [-0.39, 0.29) is 23.7 Å². The molecule has 3 heterocycles. The number of hydrogen-bond acceptors (Lipinski definition) is 12. The number of anilines is 1. The Morgan fingerprint density at radius 2 is 2.07 bits per heavy atom. The van der Waals surface area contributed by atoms with Crippen molar-refractivity contribution < 1.29 is 33.5 Å². The third kappa shape index (κ3) is 5.57. The Labute approximate surface area is 238 Å². The van der Waals surface area contributed by atoms with Crippen LogP contribution in [0, 0.1) is 0 Å². The van der Waals surface area contributed by atoms with E-state index in [1.807, 2.05) is 30.3 Å². The third-order valence-electron chi connectivity index (χ3n) is 6.74. The van der Waals surface area contributed by atoms with Crippen LogP contribution in [0.2, 0.25) is 0 Å². The molecule has 6 N–H and O–H groups in total. The molecule has 218 valence electrons. The molecule has 0 saturated carbocycles. The zero-order chi connectivity index (χ0) is 29.5. The number of rotatable bonds is 9. The number of aromatic nitrogens is 4. The predicted octanol–water partition coefficient (Wildman–Crippen LogP) is 1.34. The van der Waals surface area contributed by atoms with Gasteiger partial charge in [-0.15, -0.1) is 0 Å². The first-order valence-corrected chi connectivity index (χ1v) is 15.1. The molecule has 1 saturated heterocycles. The second-order valence-corrected chi connectivity index (χ2v) is 12.8. The van der Waals surface area contributed by atoms with Gasteiger partial charge in [-0.3, -0.25) is 19.1 Å². The summed E-state index contributed by atoms with van der Waals surface area (Å²) < 4.78 is 24.4. The van der Waals surface area contributed by atoms with Gasteiger partial charge in [0.15, 0.2) is 17.4 Å². The smallest absolute Gasteiger partial charge is 0.323 e. The molecule has 16 heteroatoms. The average molecular weight is 605 g/mol. The van der Waals surface area contributed by atoms with Gasteiger partial charge in [0.2, 0.25) is 5.95 Å². The number of hydrogen-bond donors (Lipinski definition) is 5. The summed E-state index contributed by atoms with van der Waals surface area (Å²) in [6.45, 7) is -0.922. The Hall–Kier alpha value is -3.43. The molecule has 5 rings (SSSR count). The molecule has 14 nitrogen and oxygen atoms in total. The monoisotopic (exact) mass is 604 g/mol. The first-order chi connectivity index (χ1) is 19.4. The van der Waals surface area contributed by atoms with Gasteiger partial charge < -0.3 is 34.5 Å². The number of aromatic amines is 1. The van der Waals surface area contributed by atoms with Crippen molar-refractivity contribution >= 4 is 52.3 Å². The molecular weight excluding hydrogens is 575 g/mol. The van der Waals surface area contributed by atoms with Gasteiger partial charge in [-0.2, -0.15) is 4.98 Å². The standard InChI is InChI=1S/C25H29N6O8PS/c1-13(22(34)36-3)30-40(41,39-16-10-6-8-14-7-4-5-9-15(14)16)37-11-17-19(32)25(2,35)23(38-17)31-12-27-18-20(31)28-24(26)29-21(18)33/h4-10,12-13,17,19,23,32,35H,11H2,1-3H3,(H,30,41)(H3,26,28,29,33)/t13?,17-,19-,23-,25-,40?/m1/s1. The van der Waals surface area contributed by atoms with Gasteiger partial charge in [-0.25, -0.2) is 10.1 Å². The average Bonchev–Trinajstić information content (AvgIpc) is 3.45. The van der Waals surface area contributed by atoms with Crippen molar-refractivity contribution in [1.82, 2.24) is 24.6 Å². The lowest BCUT2D eigenvalue weighted by atomic mass is 9.96. The van der Waals surface area contributed by atoms with Gasteiger partial charge >= 0.3 is 12.6 Å². The minimum atomic E-state index is -3.51. The molecule has 2 aromatic carbocycles. The van der Waals surface area contributed by atoms with Gasteiger partial charge in [0.05, 0.1) is 20.0 Å². The number of nitrogens with zero attached hydrogens (tertiary/aromatic N) is 3. The zero-order valence-electron chi connectivity index (χ0n) is 22.3. The van der Waals surface area contributed by atoms with E-state index >= 15 is 0 Å². The number of esters is 1. The highest BCUT2D eigenvalue weighted by Crippen LogP contribution is 2.48. The highest BCUT2D eigenvalue weighted by atomic mass is 32.5. The molecular formula is C25H29N6O8PS. The Bertz CT molecular complexity index is 1710. The van der Waals surface area contributed by atoms with Crippen LogP contribution >= 0.6 is 6.64 Å². The molecule has 41 heavy (non-hydrogen) atoms. The van der Waals surface area contributed by atoms with E-state index in [9.17, 15) is 19.8 Å². The van der Waals surface area contributed by atoms with Crippen LogP contribution in [0.1, 0.15) is 20.1 Å². The third-order valence-corrected chi connectivity index (χ3v) is 9.23. The largest absolute Gasteiger partial charge is 0.468 e. The van der Waals surface area contributed by atoms with Crippen molar-refractivity contribution in [2.75, 3.05) is 19.5 Å². The summed E-state index contributed by atoms with van der Waals surface area (Å²) in [5.74, 6) is -0.315. The predicted molar refractivity (Wildman–Crippen MR) is 153 cm³/mol. The first-order valence-electron chi connectivity index (χ1n) is 12.5. The van der Waals surface area contributed by atoms with E-state index in [0.29, 0.717) is 5.75 Å². The number of methoxy groups -OCH3 is 1. The molecule has 1 aliphatic rings. The van der Waals surface area contributed by atoms with Crippen LogP contribution in [-0.4, -0.2) is 73.3 Å². The van der Waals surface area contributed by atoms with Crippen molar-refractivity contribution in [2.45, 2.75) is 43.9 Å². The van der Waals surface area contributed by atoms with E-state index in [1.54, 1.807) is 19.1 Å². The molecule has 4 aromatic rings. The number of fused-ring (bicyclic) bond motifs is 2. The number of aliphatic hydroxyl groups excluding tert-OH is 1. The van der Waals surface area contributed by atoms with Crippen molar-refractivity contribution in [3.05, 3.63) is 59.1 Å². The second kappa shape index (κ2) is 11.1. The van der Waals surface area contributed by atoms with Crippen LogP contribution in [0.15, 0.2) is 53.6 Å². The van der Waals surface area contributed by atoms with Gasteiger partial charge in [0.1, 0.15) is 29.6 Å². The number of ether oxygens (including phenoxy) is 2.